The van der Waals surface area contributed by atoms with E-state index in [2.05, 4.69) is 41.9 Å². The van der Waals surface area contributed by atoms with Gasteiger partial charge in [-0.2, -0.15) is 5.10 Å². The largest absolute Gasteiger partial charge is 0.360 e. The van der Waals surface area contributed by atoms with Gasteiger partial charge in [-0.05, 0) is 82.4 Å². The molecule has 1 aliphatic rings. The van der Waals surface area contributed by atoms with E-state index in [1.165, 1.54) is 0 Å². The van der Waals surface area contributed by atoms with Crippen LogP contribution in [-0.4, -0.2) is 42.5 Å². The average Bonchev–Trinajstić information content (AvgIpc) is 3.53. The van der Waals surface area contributed by atoms with Crippen LogP contribution in [0, 0.1) is 26.7 Å². The van der Waals surface area contributed by atoms with Crippen LogP contribution in [0.15, 0.2) is 64.0 Å². The van der Waals surface area contributed by atoms with Gasteiger partial charge in [0.2, 0.25) is 0 Å². The first-order valence-corrected chi connectivity index (χ1v) is 16.1. The molecule has 2 aromatic heterocycles. The molecule has 10 nitrogen and oxygen atoms in total. The molecule has 2 aromatic carbocycles. The summed E-state index contributed by atoms with van der Waals surface area (Å²) >= 11 is 0. The summed E-state index contributed by atoms with van der Waals surface area (Å²) in [4.78, 5) is 13.3. The molecule has 0 saturated carbocycles. The van der Waals surface area contributed by atoms with Gasteiger partial charge in [-0.3, -0.25) is 5.32 Å². The number of nitrogens with zero attached hydrogens (tertiary/aromatic N) is 3. The minimum absolute atomic E-state index is 0.0684. The molecule has 1 saturated heterocycles. The molecule has 5 rings (SSSR count). The van der Waals surface area contributed by atoms with Crippen LogP contribution in [0.5, 0.6) is 0 Å². The Morgan fingerprint density at radius 3 is 2.23 bits per heavy atom. The van der Waals surface area contributed by atoms with Crippen molar-refractivity contribution in [3.8, 4) is 5.69 Å². The summed E-state index contributed by atoms with van der Waals surface area (Å²) in [6.07, 6.45) is 1.47. The van der Waals surface area contributed by atoms with Crippen molar-refractivity contribution in [1.82, 2.24) is 20.3 Å². The number of benzene rings is 2. The molecule has 3 heterocycles. The van der Waals surface area contributed by atoms with Crippen molar-refractivity contribution in [2.45, 2.75) is 69.9 Å². The smallest absolute Gasteiger partial charge is 0.324 e. The normalized spacial score (nSPS) is 15.3. The van der Waals surface area contributed by atoms with Crippen molar-refractivity contribution in [1.29, 1.82) is 0 Å². The van der Waals surface area contributed by atoms with E-state index in [0.717, 1.165) is 42.9 Å². The van der Waals surface area contributed by atoms with Crippen molar-refractivity contribution < 1.29 is 17.7 Å². The number of anilines is 2. The van der Waals surface area contributed by atoms with Gasteiger partial charge < -0.3 is 15.2 Å². The monoisotopic (exact) mass is 604 g/mol. The number of amides is 2. The van der Waals surface area contributed by atoms with E-state index in [1.807, 2.05) is 37.3 Å². The van der Waals surface area contributed by atoms with E-state index in [1.54, 1.807) is 42.8 Å². The highest BCUT2D eigenvalue weighted by Crippen LogP contribution is 2.41. The van der Waals surface area contributed by atoms with E-state index in [4.69, 9.17) is 9.62 Å². The Kier molecular flexibility index (Phi) is 8.49. The van der Waals surface area contributed by atoms with Crippen LogP contribution in [0.4, 0.5) is 16.3 Å². The zero-order valence-electron chi connectivity index (χ0n) is 25.6. The Labute approximate surface area is 253 Å². The van der Waals surface area contributed by atoms with Crippen LogP contribution < -0.4 is 16.0 Å². The van der Waals surface area contributed by atoms with E-state index in [9.17, 15) is 13.2 Å². The molecule has 1 fully saturated rings. The maximum absolute atomic E-state index is 14.0. The van der Waals surface area contributed by atoms with Gasteiger partial charge in [0, 0.05) is 17.2 Å². The number of nitrogens with one attached hydrogen (secondary N) is 3. The third kappa shape index (κ3) is 6.52. The number of aryl methyl sites for hydroxylation is 3. The molecule has 1 aliphatic heterocycles. The van der Waals surface area contributed by atoms with Crippen molar-refractivity contribution in [3.05, 3.63) is 82.9 Å². The van der Waals surface area contributed by atoms with Gasteiger partial charge >= 0.3 is 6.03 Å². The molecule has 0 aliphatic carbocycles. The van der Waals surface area contributed by atoms with Gasteiger partial charge in [0.1, 0.15) is 10.7 Å². The second-order valence-electron chi connectivity index (χ2n) is 12.3. The molecule has 0 radical (unpaired) electrons. The summed E-state index contributed by atoms with van der Waals surface area (Å²) in [5.41, 5.74) is 4.17. The molecule has 11 heteroatoms. The first-order chi connectivity index (χ1) is 20.3. The van der Waals surface area contributed by atoms with Gasteiger partial charge in [-0.15, -0.1) is 0 Å². The predicted molar refractivity (Wildman–Crippen MR) is 168 cm³/mol. The number of hydrogen-bond acceptors (Lipinski definition) is 7. The molecular weight excluding hydrogens is 564 g/mol. The standard InChI is InChI=1S/C32H40N6O4S/c1-20-7-13-26(14-8-20)38-28(19-27(36-38)32(4,5)6)35-31(39)34-25-11-9-23(10-12-25)30(24-15-17-33-18-16-24)43(40,41)29-21(2)37-42-22(29)3/h7-14,19,24,30,33H,15-18H2,1-6H3,(H2,34,35,39). The van der Waals surface area contributed by atoms with Crippen molar-refractivity contribution in [3.63, 3.8) is 0 Å². The van der Waals surface area contributed by atoms with Gasteiger partial charge in [0.15, 0.2) is 15.6 Å². The molecular formula is C32H40N6O4S. The fraction of sp³-hybridized carbons (Fsp3) is 0.406. The quantitative estimate of drug-likeness (QED) is 0.228. The lowest BCUT2D eigenvalue weighted by atomic mass is 9.90. The van der Waals surface area contributed by atoms with Crippen molar-refractivity contribution in [2.24, 2.45) is 5.92 Å². The Morgan fingerprint density at radius 2 is 1.65 bits per heavy atom. The average molecular weight is 605 g/mol. The number of rotatable bonds is 7. The number of hydrogen-bond donors (Lipinski definition) is 3. The molecule has 0 bridgehead atoms. The molecule has 1 atom stereocenters. The van der Waals surface area contributed by atoms with Gasteiger partial charge in [0.05, 0.1) is 22.3 Å². The summed E-state index contributed by atoms with van der Waals surface area (Å²) in [6.45, 7) is 13.0. The minimum Gasteiger partial charge on any atom is -0.360 e. The van der Waals surface area contributed by atoms with E-state index in [0.29, 0.717) is 28.5 Å². The van der Waals surface area contributed by atoms with Crippen LogP contribution in [0.3, 0.4) is 0 Å². The Bertz CT molecular complexity index is 1670. The summed E-state index contributed by atoms with van der Waals surface area (Å²) in [5.74, 6) is 0.770. The van der Waals surface area contributed by atoms with Gasteiger partial charge in [-0.1, -0.05) is 55.8 Å². The topological polar surface area (TPSA) is 131 Å². The maximum Gasteiger partial charge on any atom is 0.324 e. The molecule has 3 N–H and O–H groups in total. The lowest BCUT2D eigenvalue weighted by molar-refractivity contribution is 0.262. The molecule has 43 heavy (non-hydrogen) atoms. The van der Waals surface area contributed by atoms with Crippen molar-refractivity contribution >= 4 is 27.4 Å². The van der Waals surface area contributed by atoms with Crippen LogP contribution in [0.25, 0.3) is 5.69 Å². The number of carbonyl (C=O) groups excluding carboxylic acids is 1. The first kappa shape index (κ1) is 30.5. The fourth-order valence-electron chi connectivity index (χ4n) is 5.61. The van der Waals surface area contributed by atoms with E-state index in [-0.39, 0.29) is 16.2 Å². The van der Waals surface area contributed by atoms with Crippen LogP contribution >= 0.6 is 0 Å². The van der Waals surface area contributed by atoms with E-state index < -0.39 is 21.1 Å². The zero-order chi connectivity index (χ0) is 30.9. The Morgan fingerprint density at radius 1 is 1.00 bits per heavy atom. The third-order valence-corrected chi connectivity index (χ3v) is 10.4. The summed E-state index contributed by atoms with van der Waals surface area (Å²) < 4.78 is 35.0. The molecule has 2 amide bonds. The number of carbonyl (C=O) groups is 1. The van der Waals surface area contributed by atoms with Gasteiger partial charge in [-0.25, -0.2) is 17.9 Å². The van der Waals surface area contributed by atoms with Crippen LogP contribution in [0.1, 0.15) is 67.1 Å². The summed E-state index contributed by atoms with van der Waals surface area (Å²) in [7, 11) is -3.79. The SMILES string of the molecule is Cc1ccc(-n2nc(C(C)(C)C)cc2NC(=O)Nc2ccc(C(C3CCNCC3)S(=O)(=O)c3c(C)noc3C)cc2)cc1. The highest BCUT2D eigenvalue weighted by atomic mass is 32.2. The molecule has 4 aromatic rings. The van der Waals surface area contributed by atoms with Gasteiger partial charge in [0.25, 0.3) is 0 Å². The number of urea groups is 1. The maximum atomic E-state index is 14.0. The van der Waals surface area contributed by atoms with Crippen LogP contribution in [-0.2, 0) is 15.3 Å². The zero-order valence-corrected chi connectivity index (χ0v) is 26.4. The Balaban J connectivity index is 1.39. The highest BCUT2D eigenvalue weighted by Gasteiger charge is 2.39. The van der Waals surface area contributed by atoms with Crippen molar-refractivity contribution in [2.75, 3.05) is 23.7 Å². The fourth-order valence-corrected chi connectivity index (χ4v) is 8.05. The minimum atomic E-state index is -3.79. The third-order valence-electron chi connectivity index (χ3n) is 7.89. The summed E-state index contributed by atoms with van der Waals surface area (Å²) in [6, 6.07) is 16.4. The second-order valence-corrected chi connectivity index (χ2v) is 14.3. The number of aromatic nitrogens is 3. The molecule has 0 spiro atoms. The second kappa shape index (κ2) is 12.0. The summed E-state index contributed by atoms with van der Waals surface area (Å²) in [5, 5.41) is 17.1. The number of piperidine rings is 1. The predicted octanol–water partition coefficient (Wildman–Crippen LogP) is 6.24. The first-order valence-electron chi connectivity index (χ1n) is 14.6. The lowest BCUT2D eigenvalue weighted by Crippen LogP contribution is -2.34. The van der Waals surface area contributed by atoms with E-state index >= 15 is 0 Å². The Hall–Kier alpha value is -3.96. The lowest BCUT2D eigenvalue weighted by Gasteiger charge is -2.31. The number of sulfone groups is 1. The molecule has 228 valence electrons. The van der Waals surface area contributed by atoms with Crippen LogP contribution in [0.2, 0.25) is 0 Å². The molecule has 1 unspecified atom stereocenters. The highest BCUT2D eigenvalue weighted by molar-refractivity contribution is 7.91.